The van der Waals surface area contributed by atoms with E-state index in [1.54, 1.807) is 4.90 Å². The molecule has 0 atom stereocenters. The maximum absolute atomic E-state index is 12.3. The second-order valence-corrected chi connectivity index (χ2v) is 4.92. The van der Waals surface area contributed by atoms with Gasteiger partial charge in [-0.1, -0.05) is 42.5 Å². The van der Waals surface area contributed by atoms with Gasteiger partial charge in [-0.2, -0.15) is 0 Å². The molecular formula is C18H17NO3. The second-order valence-electron chi connectivity index (χ2n) is 4.92. The Morgan fingerprint density at radius 2 is 1.77 bits per heavy atom. The van der Waals surface area contributed by atoms with E-state index in [1.165, 1.54) is 0 Å². The summed E-state index contributed by atoms with van der Waals surface area (Å²) in [4.78, 5) is 24.5. The summed E-state index contributed by atoms with van der Waals surface area (Å²) in [6.45, 7) is 2.33. The molecule has 2 aromatic rings. The summed E-state index contributed by atoms with van der Waals surface area (Å²) in [5, 5.41) is 8.69. The van der Waals surface area contributed by atoms with Gasteiger partial charge in [0, 0.05) is 17.8 Å². The smallest absolute Gasteiger partial charge is 0.328 e. The molecule has 0 aliphatic rings. The average Bonchev–Trinajstić information content (AvgIpc) is 2.51. The third-order valence-electron chi connectivity index (χ3n) is 3.13. The first kappa shape index (κ1) is 15.5. The van der Waals surface area contributed by atoms with Crippen LogP contribution in [0.2, 0.25) is 0 Å². The maximum Gasteiger partial charge on any atom is 0.328 e. The van der Waals surface area contributed by atoms with Crippen LogP contribution in [-0.2, 0) is 16.1 Å². The number of aliphatic carboxylic acids is 1. The number of amides is 1. The Kier molecular flexibility index (Phi) is 5.09. The van der Waals surface area contributed by atoms with Gasteiger partial charge in [0.15, 0.2) is 0 Å². The Morgan fingerprint density at radius 3 is 2.41 bits per heavy atom. The van der Waals surface area contributed by atoms with E-state index in [1.807, 2.05) is 61.5 Å². The van der Waals surface area contributed by atoms with Crippen molar-refractivity contribution in [2.24, 2.45) is 0 Å². The van der Waals surface area contributed by atoms with Crippen molar-refractivity contribution >= 4 is 17.6 Å². The number of rotatable bonds is 5. The van der Waals surface area contributed by atoms with Crippen LogP contribution in [0.5, 0.6) is 0 Å². The molecule has 0 spiro atoms. The molecule has 0 radical (unpaired) electrons. The number of hydrogen-bond acceptors (Lipinski definition) is 2. The van der Waals surface area contributed by atoms with Gasteiger partial charge in [0.05, 0.1) is 6.54 Å². The topological polar surface area (TPSA) is 57.6 Å². The number of anilines is 1. The van der Waals surface area contributed by atoms with Crippen LogP contribution in [0, 0.1) is 6.92 Å². The molecule has 2 rings (SSSR count). The molecule has 0 unspecified atom stereocenters. The number of carbonyl (C=O) groups is 2. The predicted octanol–water partition coefficient (Wildman–Crippen LogP) is 3.17. The van der Waals surface area contributed by atoms with Gasteiger partial charge in [0.1, 0.15) is 0 Å². The van der Waals surface area contributed by atoms with E-state index in [2.05, 4.69) is 0 Å². The zero-order valence-corrected chi connectivity index (χ0v) is 12.3. The highest BCUT2D eigenvalue weighted by atomic mass is 16.4. The van der Waals surface area contributed by atoms with Crippen molar-refractivity contribution in [3.05, 3.63) is 77.9 Å². The Balaban J connectivity index is 2.32. The third-order valence-corrected chi connectivity index (χ3v) is 3.13. The van der Waals surface area contributed by atoms with Crippen LogP contribution in [0.1, 0.15) is 11.1 Å². The Hall–Kier alpha value is -2.88. The molecule has 1 amide bonds. The minimum absolute atomic E-state index is 0.364. The first-order valence-corrected chi connectivity index (χ1v) is 6.89. The first-order valence-electron chi connectivity index (χ1n) is 6.89. The normalized spacial score (nSPS) is 10.6. The molecule has 4 heteroatoms. The van der Waals surface area contributed by atoms with E-state index in [4.69, 9.17) is 5.11 Å². The monoisotopic (exact) mass is 295 g/mol. The van der Waals surface area contributed by atoms with Crippen molar-refractivity contribution in [2.75, 3.05) is 4.90 Å². The molecule has 0 aromatic heterocycles. The van der Waals surface area contributed by atoms with E-state index in [9.17, 15) is 9.59 Å². The largest absolute Gasteiger partial charge is 0.478 e. The third kappa shape index (κ3) is 4.31. The summed E-state index contributed by atoms with van der Waals surface area (Å²) in [5.41, 5.74) is 2.75. The molecule has 0 heterocycles. The fraction of sp³-hybridized carbons (Fsp3) is 0.111. The summed E-state index contributed by atoms with van der Waals surface area (Å²) in [6, 6.07) is 17.1. The number of benzene rings is 2. The lowest BCUT2D eigenvalue weighted by Gasteiger charge is -2.22. The SMILES string of the molecule is Cc1cccc(N(Cc2ccccc2)C(=O)/C=C/C(=O)O)c1. The Bertz CT molecular complexity index is 692. The number of aryl methyl sites for hydroxylation is 1. The molecule has 0 aliphatic heterocycles. The standard InChI is InChI=1S/C18H17NO3/c1-14-6-5-9-16(12-14)19(17(20)10-11-18(21)22)13-15-7-3-2-4-8-15/h2-12H,13H2,1H3,(H,21,22)/b11-10+. The molecule has 0 bridgehead atoms. The Morgan fingerprint density at radius 1 is 1.05 bits per heavy atom. The quantitative estimate of drug-likeness (QED) is 0.862. The van der Waals surface area contributed by atoms with Crippen LogP contribution in [0.25, 0.3) is 0 Å². The van der Waals surface area contributed by atoms with Crippen molar-refractivity contribution < 1.29 is 14.7 Å². The van der Waals surface area contributed by atoms with E-state index >= 15 is 0 Å². The number of carboxylic acids is 1. The van der Waals surface area contributed by atoms with Gasteiger partial charge in [-0.25, -0.2) is 4.79 Å². The first-order chi connectivity index (χ1) is 10.6. The molecule has 2 aromatic carbocycles. The molecule has 4 nitrogen and oxygen atoms in total. The highest BCUT2D eigenvalue weighted by Gasteiger charge is 2.14. The number of nitrogens with zero attached hydrogens (tertiary/aromatic N) is 1. The van der Waals surface area contributed by atoms with Gasteiger partial charge in [-0.3, -0.25) is 4.79 Å². The molecule has 0 aliphatic carbocycles. The second kappa shape index (κ2) is 7.22. The van der Waals surface area contributed by atoms with Gasteiger partial charge in [-0.15, -0.1) is 0 Å². The molecule has 1 N–H and O–H groups in total. The molecule has 0 saturated carbocycles. The van der Waals surface area contributed by atoms with Gasteiger partial charge in [0.2, 0.25) is 0 Å². The van der Waals surface area contributed by atoms with Gasteiger partial charge in [0.25, 0.3) is 5.91 Å². The summed E-state index contributed by atoms with van der Waals surface area (Å²) < 4.78 is 0. The number of carboxylic acid groups (broad SMARTS) is 1. The van der Waals surface area contributed by atoms with E-state index in [0.717, 1.165) is 29.0 Å². The van der Waals surface area contributed by atoms with E-state index in [-0.39, 0.29) is 5.91 Å². The summed E-state index contributed by atoms with van der Waals surface area (Å²) in [7, 11) is 0. The highest BCUT2D eigenvalue weighted by Crippen LogP contribution is 2.19. The Labute approximate surface area is 129 Å². The maximum atomic E-state index is 12.3. The van der Waals surface area contributed by atoms with Crippen LogP contribution in [-0.4, -0.2) is 17.0 Å². The van der Waals surface area contributed by atoms with Crippen molar-refractivity contribution in [1.29, 1.82) is 0 Å². The number of hydrogen-bond donors (Lipinski definition) is 1. The van der Waals surface area contributed by atoms with Crippen LogP contribution in [0.3, 0.4) is 0 Å². The number of carbonyl (C=O) groups excluding carboxylic acids is 1. The molecule has 0 fully saturated rings. The lowest BCUT2D eigenvalue weighted by Crippen LogP contribution is -2.28. The van der Waals surface area contributed by atoms with E-state index < -0.39 is 5.97 Å². The van der Waals surface area contributed by atoms with Crippen molar-refractivity contribution in [3.8, 4) is 0 Å². The fourth-order valence-electron chi connectivity index (χ4n) is 2.09. The molecular weight excluding hydrogens is 278 g/mol. The van der Waals surface area contributed by atoms with Crippen LogP contribution < -0.4 is 4.90 Å². The van der Waals surface area contributed by atoms with E-state index in [0.29, 0.717) is 6.54 Å². The average molecular weight is 295 g/mol. The summed E-state index contributed by atoms with van der Waals surface area (Å²) >= 11 is 0. The van der Waals surface area contributed by atoms with Crippen molar-refractivity contribution in [3.63, 3.8) is 0 Å². The summed E-state index contributed by atoms with van der Waals surface area (Å²) in [6.07, 6.45) is 1.93. The zero-order valence-electron chi connectivity index (χ0n) is 12.3. The predicted molar refractivity (Wildman–Crippen MR) is 85.6 cm³/mol. The van der Waals surface area contributed by atoms with Crippen LogP contribution in [0.15, 0.2) is 66.7 Å². The lowest BCUT2D eigenvalue weighted by molar-refractivity contribution is -0.131. The summed E-state index contributed by atoms with van der Waals surface area (Å²) in [5.74, 6) is -1.51. The minimum atomic E-state index is -1.14. The zero-order chi connectivity index (χ0) is 15.9. The van der Waals surface area contributed by atoms with Gasteiger partial charge < -0.3 is 10.0 Å². The van der Waals surface area contributed by atoms with Gasteiger partial charge in [-0.05, 0) is 30.2 Å². The minimum Gasteiger partial charge on any atom is -0.478 e. The van der Waals surface area contributed by atoms with Crippen molar-refractivity contribution in [2.45, 2.75) is 13.5 Å². The van der Waals surface area contributed by atoms with Crippen LogP contribution in [0.4, 0.5) is 5.69 Å². The fourth-order valence-corrected chi connectivity index (χ4v) is 2.09. The van der Waals surface area contributed by atoms with Crippen molar-refractivity contribution in [1.82, 2.24) is 0 Å². The highest BCUT2D eigenvalue weighted by molar-refractivity contribution is 6.04. The lowest BCUT2D eigenvalue weighted by atomic mass is 10.1. The van der Waals surface area contributed by atoms with Gasteiger partial charge >= 0.3 is 5.97 Å². The molecule has 0 saturated heterocycles. The van der Waals surface area contributed by atoms with Crippen LogP contribution >= 0.6 is 0 Å². The molecule has 22 heavy (non-hydrogen) atoms. The molecule has 112 valence electrons.